The number of hydrogen-bond acceptors (Lipinski definition) is 3. The molecule has 0 radical (unpaired) electrons. The Morgan fingerprint density at radius 1 is 1.53 bits per heavy atom. The van der Waals surface area contributed by atoms with Crippen molar-refractivity contribution in [3.63, 3.8) is 0 Å². The molecule has 0 aromatic rings. The summed E-state index contributed by atoms with van der Waals surface area (Å²) < 4.78 is 5.19. The molecule has 0 atom stereocenters. The van der Waals surface area contributed by atoms with E-state index in [1.165, 1.54) is 0 Å². The van der Waals surface area contributed by atoms with E-state index >= 15 is 0 Å². The van der Waals surface area contributed by atoms with Gasteiger partial charge in [0.2, 0.25) is 5.91 Å². The predicted molar refractivity (Wildman–Crippen MR) is 59.5 cm³/mol. The van der Waals surface area contributed by atoms with Crippen molar-refractivity contribution in [2.24, 2.45) is 5.73 Å². The Kier molecular flexibility index (Phi) is 5.65. The summed E-state index contributed by atoms with van der Waals surface area (Å²) in [6, 6.07) is 0.491. The second kappa shape index (κ2) is 6.80. The van der Waals surface area contributed by atoms with Crippen LogP contribution in [0.3, 0.4) is 0 Å². The molecular weight excluding hydrogens is 192 g/mol. The first-order chi connectivity index (χ1) is 7.29. The number of hydrogen-bond donors (Lipinski definition) is 1. The highest BCUT2D eigenvalue weighted by Crippen LogP contribution is 2.27. The number of carbonyl (C=O) groups excluding carboxylic acids is 1. The summed E-state index contributed by atoms with van der Waals surface area (Å²) in [5, 5.41) is 0. The van der Waals surface area contributed by atoms with Crippen LogP contribution in [0.15, 0.2) is 0 Å². The lowest BCUT2D eigenvalue weighted by Gasteiger charge is -2.22. The minimum absolute atomic E-state index is 0.222. The van der Waals surface area contributed by atoms with Crippen molar-refractivity contribution in [2.75, 3.05) is 26.3 Å². The second-order valence-corrected chi connectivity index (χ2v) is 3.91. The first kappa shape index (κ1) is 12.5. The van der Waals surface area contributed by atoms with Gasteiger partial charge < -0.3 is 15.4 Å². The highest BCUT2D eigenvalue weighted by atomic mass is 16.5. The van der Waals surface area contributed by atoms with Crippen LogP contribution < -0.4 is 5.73 Å². The van der Waals surface area contributed by atoms with Crippen LogP contribution in [0, 0.1) is 0 Å². The molecule has 0 aliphatic heterocycles. The molecule has 2 N–H and O–H groups in total. The van der Waals surface area contributed by atoms with Gasteiger partial charge in [-0.1, -0.05) is 0 Å². The van der Waals surface area contributed by atoms with Gasteiger partial charge in [0.25, 0.3) is 0 Å². The van der Waals surface area contributed by atoms with Crippen molar-refractivity contribution in [2.45, 2.75) is 38.6 Å². The largest absolute Gasteiger partial charge is 0.381 e. The molecule has 1 aliphatic rings. The third kappa shape index (κ3) is 4.62. The zero-order valence-electron chi connectivity index (χ0n) is 9.58. The van der Waals surface area contributed by atoms with Crippen molar-refractivity contribution in [1.82, 2.24) is 4.90 Å². The van der Waals surface area contributed by atoms with E-state index in [1.807, 2.05) is 11.8 Å². The van der Waals surface area contributed by atoms with Gasteiger partial charge in [-0.15, -0.1) is 0 Å². The monoisotopic (exact) mass is 214 g/mol. The fourth-order valence-electron chi connectivity index (χ4n) is 1.61. The topological polar surface area (TPSA) is 55.6 Å². The molecule has 1 saturated carbocycles. The van der Waals surface area contributed by atoms with E-state index in [-0.39, 0.29) is 5.91 Å². The van der Waals surface area contributed by atoms with Crippen LogP contribution >= 0.6 is 0 Å². The van der Waals surface area contributed by atoms with Crippen LogP contribution in [-0.2, 0) is 9.53 Å². The van der Waals surface area contributed by atoms with E-state index in [0.717, 1.165) is 25.8 Å². The smallest absolute Gasteiger partial charge is 0.225 e. The first-order valence-corrected chi connectivity index (χ1v) is 5.86. The average Bonchev–Trinajstić information content (AvgIpc) is 3.03. The summed E-state index contributed by atoms with van der Waals surface area (Å²) in [6.07, 6.45) is 3.72. The molecule has 0 saturated heterocycles. The Bertz CT molecular complexity index is 193. The van der Waals surface area contributed by atoms with E-state index < -0.39 is 0 Å². The number of rotatable bonds is 8. The molecule has 15 heavy (non-hydrogen) atoms. The average molecular weight is 214 g/mol. The Labute approximate surface area is 91.8 Å². The Balaban J connectivity index is 2.24. The molecule has 0 aromatic heterocycles. The fourth-order valence-corrected chi connectivity index (χ4v) is 1.61. The highest BCUT2D eigenvalue weighted by Gasteiger charge is 2.31. The summed E-state index contributed by atoms with van der Waals surface area (Å²) in [5.41, 5.74) is 5.46. The van der Waals surface area contributed by atoms with Crippen LogP contribution in [0.5, 0.6) is 0 Å². The molecule has 0 bridgehead atoms. The second-order valence-electron chi connectivity index (χ2n) is 3.91. The van der Waals surface area contributed by atoms with Crippen LogP contribution in [-0.4, -0.2) is 43.2 Å². The van der Waals surface area contributed by atoms with E-state index in [9.17, 15) is 4.79 Å². The van der Waals surface area contributed by atoms with Crippen molar-refractivity contribution in [1.29, 1.82) is 0 Å². The molecule has 88 valence electrons. The summed E-state index contributed by atoms with van der Waals surface area (Å²) >= 11 is 0. The van der Waals surface area contributed by atoms with Gasteiger partial charge in [-0.25, -0.2) is 0 Å². The lowest BCUT2D eigenvalue weighted by atomic mass is 10.3. The third-order valence-corrected chi connectivity index (χ3v) is 2.58. The molecule has 1 amide bonds. The summed E-state index contributed by atoms with van der Waals surface area (Å²) in [7, 11) is 0. The van der Waals surface area contributed by atoms with Crippen molar-refractivity contribution in [3.05, 3.63) is 0 Å². The Hall–Kier alpha value is -0.610. The molecule has 4 nitrogen and oxygen atoms in total. The predicted octanol–water partition coefficient (Wildman–Crippen LogP) is 0.753. The number of nitrogens with zero attached hydrogens (tertiary/aromatic N) is 1. The standard InChI is InChI=1S/C11H22N2O2/c1-2-15-9-6-11(14)13(8-3-7-12)10-4-5-10/h10H,2-9,12H2,1H3. The van der Waals surface area contributed by atoms with E-state index in [0.29, 0.717) is 32.2 Å². The van der Waals surface area contributed by atoms with Crippen LogP contribution in [0.2, 0.25) is 0 Å². The molecule has 1 fully saturated rings. The maximum atomic E-state index is 11.8. The molecule has 4 heteroatoms. The van der Waals surface area contributed by atoms with Crippen molar-refractivity contribution in [3.8, 4) is 0 Å². The van der Waals surface area contributed by atoms with Gasteiger partial charge in [-0.2, -0.15) is 0 Å². The van der Waals surface area contributed by atoms with Gasteiger partial charge in [-0.3, -0.25) is 4.79 Å². The molecule has 1 rings (SSSR count). The number of nitrogens with two attached hydrogens (primary N) is 1. The SMILES string of the molecule is CCOCCC(=O)N(CCCN)C1CC1. The van der Waals surface area contributed by atoms with Crippen LogP contribution in [0.4, 0.5) is 0 Å². The number of amides is 1. The van der Waals surface area contributed by atoms with E-state index in [4.69, 9.17) is 10.5 Å². The zero-order valence-corrected chi connectivity index (χ0v) is 9.58. The number of carbonyl (C=O) groups is 1. The van der Waals surface area contributed by atoms with Crippen molar-refractivity contribution < 1.29 is 9.53 Å². The molecular formula is C11H22N2O2. The molecule has 1 aliphatic carbocycles. The maximum Gasteiger partial charge on any atom is 0.225 e. The normalized spacial score (nSPS) is 15.3. The highest BCUT2D eigenvalue weighted by molar-refractivity contribution is 5.77. The maximum absolute atomic E-state index is 11.8. The Morgan fingerprint density at radius 2 is 2.27 bits per heavy atom. The molecule has 0 heterocycles. The lowest BCUT2D eigenvalue weighted by molar-refractivity contribution is -0.132. The zero-order chi connectivity index (χ0) is 11.1. The molecule has 0 aromatic carbocycles. The first-order valence-electron chi connectivity index (χ1n) is 5.86. The van der Waals surface area contributed by atoms with E-state index in [2.05, 4.69) is 0 Å². The molecule has 0 unspecified atom stereocenters. The Morgan fingerprint density at radius 3 is 2.80 bits per heavy atom. The summed E-state index contributed by atoms with van der Waals surface area (Å²) in [6.45, 7) is 4.63. The van der Waals surface area contributed by atoms with Gasteiger partial charge in [0, 0.05) is 19.2 Å². The van der Waals surface area contributed by atoms with Crippen molar-refractivity contribution >= 4 is 5.91 Å². The lowest BCUT2D eigenvalue weighted by Crippen LogP contribution is -2.35. The fraction of sp³-hybridized carbons (Fsp3) is 0.909. The summed E-state index contributed by atoms with van der Waals surface area (Å²) in [4.78, 5) is 13.8. The van der Waals surface area contributed by atoms with Gasteiger partial charge in [0.15, 0.2) is 0 Å². The van der Waals surface area contributed by atoms with Gasteiger partial charge in [0.1, 0.15) is 0 Å². The van der Waals surface area contributed by atoms with Crippen LogP contribution in [0.1, 0.15) is 32.6 Å². The minimum atomic E-state index is 0.222. The summed E-state index contributed by atoms with van der Waals surface area (Å²) in [5.74, 6) is 0.222. The third-order valence-electron chi connectivity index (χ3n) is 2.58. The number of ether oxygens (including phenoxy) is 1. The minimum Gasteiger partial charge on any atom is -0.381 e. The quantitative estimate of drug-likeness (QED) is 0.607. The van der Waals surface area contributed by atoms with Gasteiger partial charge in [-0.05, 0) is 32.7 Å². The molecule has 0 spiro atoms. The van der Waals surface area contributed by atoms with E-state index in [1.54, 1.807) is 0 Å². The van der Waals surface area contributed by atoms with Crippen LogP contribution in [0.25, 0.3) is 0 Å². The van der Waals surface area contributed by atoms with Gasteiger partial charge >= 0.3 is 0 Å². The van der Waals surface area contributed by atoms with Gasteiger partial charge in [0.05, 0.1) is 13.0 Å².